The fourth-order valence-electron chi connectivity index (χ4n) is 2.92. The molecule has 1 aromatic rings. The van der Waals surface area contributed by atoms with Crippen molar-refractivity contribution >= 4 is 0 Å². The first kappa shape index (κ1) is 10.3. The maximum absolute atomic E-state index is 3.43. The molecule has 2 fully saturated rings. The number of nitrogens with one attached hydrogen (secondary N) is 2. The highest BCUT2D eigenvalue weighted by molar-refractivity contribution is 5.29. The van der Waals surface area contributed by atoms with Gasteiger partial charge in [-0.15, -0.1) is 0 Å². The molecule has 0 radical (unpaired) electrons. The van der Waals surface area contributed by atoms with Crippen molar-refractivity contribution in [1.82, 2.24) is 10.6 Å². The first-order valence-electron chi connectivity index (χ1n) is 6.45. The SMILES string of the molecule is c1cc(C2CCNC2)ccc1C1CCNC1. The number of benzene rings is 1. The Morgan fingerprint density at radius 1 is 0.750 bits per heavy atom. The van der Waals surface area contributed by atoms with Gasteiger partial charge in [-0.1, -0.05) is 24.3 Å². The zero-order valence-electron chi connectivity index (χ0n) is 9.71. The van der Waals surface area contributed by atoms with Crippen LogP contribution in [0.4, 0.5) is 0 Å². The van der Waals surface area contributed by atoms with E-state index < -0.39 is 0 Å². The van der Waals surface area contributed by atoms with E-state index in [0.717, 1.165) is 24.9 Å². The van der Waals surface area contributed by atoms with Crippen LogP contribution in [-0.2, 0) is 0 Å². The van der Waals surface area contributed by atoms with Crippen LogP contribution in [0.15, 0.2) is 24.3 Å². The smallest absolute Gasteiger partial charge is 0.00206 e. The van der Waals surface area contributed by atoms with Crippen molar-refractivity contribution in [2.24, 2.45) is 0 Å². The second-order valence-electron chi connectivity index (χ2n) is 5.05. The van der Waals surface area contributed by atoms with E-state index >= 15 is 0 Å². The van der Waals surface area contributed by atoms with Crippen molar-refractivity contribution in [1.29, 1.82) is 0 Å². The molecule has 2 unspecified atom stereocenters. The molecule has 86 valence electrons. The van der Waals surface area contributed by atoms with Gasteiger partial charge in [0.2, 0.25) is 0 Å². The van der Waals surface area contributed by atoms with Gasteiger partial charge in [0, 0.05) is 13.1 Å². The summed E-state index contributed by atoms with van der Waals surface area (Å²) in [6, 6.07) is 9.35. The number of hydrogen-bond acceptors (Lipinski definition) is 2. The summed E-state index contributed by atoms with van der Waals surface area (Å²) in [6.07, 6.45) is 2.59. The van der Waals surface area contributed by atoms with E-state index in [2.05, 4.69) is 34.9 Å². The molecular formula is C14H20N2. The summed E-state index contributed by atoms with van der Waals surface area (Å²) in [6.45, 7) is 4.67. The van der Waals surface area contributed by atoms with Crippen LogP contribution in [0, 0.1) is 0 Å². The van der Waals surface area contributed by atoms with Gasteiger partial charge in [-0.25, -0.2) is 0 Å². The first-order chi connectivity index (χ1) is 7.93. The molecule has 2 nitrogen and oxygen atoms in total. The average molecular weight is 216 g/mol. The maximum atomic E-state index is 3.43. The fraction of sp³-hybridized carbons (Fsp3) is 0.571. The Balaban J connectivity index is 1.73. The lowest BCUT2D eigenvalue weighted by Gasteiger charge is -2.12. The third-order valence-corrected chi connectivity index (χ3v) is 4.00. The topological polar surface area (TPSA) is 24.1 Å². The standard InChI is InChI=1S/C14H20N2/c1-2-12(14-6-8-16-10-14)4-3-11(1)13-5-7-15-9-13/h1-4,13-16H,5-10H2. The summed E-state index contributed by atoms with van der Waals surface area (Å²) in [5.41, 5.74) is 3.03. The fourth-order valence-corrected chi connectivity index (χ4v) is 2.92. The van der Waals surface area contributed by atoms with Crippen molar-refractivity contribution in [2.45, 2.75) is 24.7 Å². The monoisotopic (exact) mass is 216 g/mol. The molecule has 3 rings (SSSR count). The van der Waals surface area contributed by atoms with Gasteiger partial charge in [-0.2, -0.15) is 0 Å². The normalized spacial score (nSPS) is 29.8. The van der Waals surface area contributed by atoms with Gasteiger partial charge in [-0.3, -0.25) is 0 Å². The van der Waals surface area contributed by atoms with Gasteiger partial charge in [0.25, 0.3) is 0 Å². The molecule has 0 spiro atoms. The second-order valence-corrected chi connectivity index (χ2v) is 5.05. The molecule has 0 amide bonds. The third kappa shape index (κ3) is 2.00. The molecule has 0 saturated carbocycles. The summed E-state index contributed by atoms with van der Waals surface area (Å²) in [5, 5.41) is 6.86. The van der Waals surface area contributed by atoms with Gasteiger partial charge in [0.1, 0.15) is 0 Å². The Kier molecular flexibility index (Phi) is 2.94. The molecule has 2 aliphatic rings. The Labute approximate surface area is 97.4 Å². The lowest BCUT2D eigenvalue weighted by atomic mass is 9.93. The molecule has 2 heteroatoms. The van der Waals surface area contributed by atoms with Crippen LogP contribution in [0.5, 0.6) is 0 Å². The van der Waals surface area contributed by atoms with Gasteiger partial charge >= 0.3 is 0 Å². The summed E-state index contributed by atoms with van der Waals surface area (Å²) >= 11 is 0. The minimum absolute atomic E-state index is 0.746. The molecule has 2 atom stereocenters. The quantitative estimate of drug-likeness (QED) is 0.788. The molecule has 0 aliphatic carbocycles. The van der Waals surface area contributed by atoms with Crippen molar-refractivity contribution in [3.05, 3.63) is 35.4 Å². The zero-order chi connectivity index (χ0) is 10.8. The van der Waals surface area contributed by atoms with E-state index in [1.807, 2.05) is 0 Å². The van der Waals surface area contributed by atoms with Crippen LogP contribution in [0.3, 0.4) is 0 Å². The second kappa shape index (κ2) is 4.56. The summed E-state index contributed by atoms with van der Waals surface area (Å²) < 4.78 is 0. The molecule has 2 saturated heterocycles. The van der Waals surface area contributed by atoms with Crippen molar-refractivity contribution in [3.63, 3.8) is 0 Å². The van der Waals surface area contributed by atoms with Crippen LogP contribution in [0.2, 0.25) is 0 Å². The molecule has 1 aromatic carbocycles. The van der Waals surface area contributed by atoms with Gasteiger partial charge in [-0.05, 0) is 48.9 Å². The van der Waals surface area contributed by atoms with Gasteiger partial charge in [0.15, 0.2) is 0 Å². The largest absolute Gasteiger partial charge is 0.316 e. The molecule has 2 N–H and O–H groups in total. The Bertz CT molecular complexity index is 297. The molecule has 2 aliphatic heterocycles. The van der Waals surface area contributed by atoms with Crippen LogP contribution in [-0.4, -0.2) is 26.2 Å². The lowest BCUT2D eigenvalue weighted by molar-refractivity contribution is 0.748. The van der Waals surface area contributed by atoms with Crippen LogP contribution >= 0.6 is 0 Å². The van der Waals surface area contributed by atoms with Gasteiger partial charge < -0.3 is 10.6 Å². The average Bonchev–Trinajstić information content (AvgIpc) is 3.03. The Morgan fingerprint density at radius 2 is 1.19 bits per heavy atom. The van der Waals surface area contributed by atoms with Crippen molar-refractivity contribution < 1.29 is 0 Å². The molecule has 16 heavy (non-hydrogen) atoms. The highest BCUT2D eigenvalue weighted by atomic mass is 14.9. The van der Waals surface area contributed by atoms with Crippen LogP contribution < -0.4 is 10.6 Å². The van der Waals surface area contributed by atoms with Crippen LogP contribution in [0.25, 0.3) is 0 Å². The molecule has 2 heterocycles. The van der Waals surface area contributed by atoms with Crippen molar-refractivity contribution in [2.75, 3.05) is 26.2 Å². The predicted molar refractivity (Wildman–Crippen MR) is 66.9 cm³/mol. The van der Waals surface area contributed by atoms with E-state index in [1.165, 1.54) is 37.1 Å². The van der Waals surface area contributed by atoms with Gasteiger partial charge in [0.05, 0.1) is 0 Å². The zero-order valence-corrected chi connectivity index (χ0v) is 9.71. The molecule has 0 bridgehead atoms. The van der Waals surface area contributed by atoms with E-state index in [-0.39, 0.29) is 0 Å². The minimum Gasteiger partial charge on any atom is -0.316 e. The Morgan fingerprint density at radius 3 is 1.50 bits per heavy atom. The lowest BCUT2D eigenvalue weighted by Crippen LogP contribution is -2.09. The van der Waals surface area contributed by atoms with E-state index in [0.29, 0.717) is 0 Å². The Hall–Kier alpha value is -0.860. The first-order valence-corrected chi connectivity index (χ1v) is 6.45. The predicted octanol–water partition coefficient (Wildman–Crippen LogP) is 1.84. The minimum atomic E-state index is 0.746. The summed E-state index contributed by atoms with van der Waals surface area (Å²) in [7, 11) is 0. The summed E-state index contributed by atoms with van der Waals surface area (Å²) in [5.74, 6) is 1.49. The number of rotatable bonds is 2. The van der Waals surface area contributed by atoms with E-state index in [4.69, 9.17) is 0 Å². The molecule has 0 aromatic heterocycles. The van der Waals surface area contributed by atoms with E-state index in [9.17, 15) is 0 Å². The summed E-state index contributed by atoms with van der Waals surface area (Å²) in [4.78, 5) is 0. The number of hydrogen-bond donors (Lipinski definition) is 2. The highest BCUT2D eigenvalue weighted by Gasteiger charge is 2.19. The van der Waals surface area contributed by atoms with Crippen LogP contribution in [0.1, 0.15) is 35.8 Å². The van der Waals surface area contributed by atoms with Crippen molar-refractivity contribution in [3.8, 4) is 0 Å². The molecular weight excluding hydrogens is 196 g/mol. The van der Waals surface area contributed by atoms with E-state index in [1.54, 1.807) is 0 Å². The maximum Gasteiger partial charge on any atom is 0.00206 e. The highest BCUT2D eigenvalue weighted by Crippen LogP contribution is 2.26. The third-order valence-electron chi connectivity index (χ3n) is 4.00.